The monoisotopic (exact) mass is 359 g/mol. The summed E-state index contributed by atoms with van der Waals surface area (Å²) in [4.78, 5) is 27.7. The Hall–Kier alpha value is -2.92. The second kappa shape index (κ2) is 9.39. The highest BCUT2D eigenvalue weighted by Crippen LogP contribution is 2.17. The number of nitrogens with zero attached hydrogens (tertiary/aromatic N) is 2. The van der Waals surface area contributed by atoms with Crippen LogP contribution >= 0.6 is 11.3 Å². The van der Waals surface area contributed by atoms with Crippen molar-refractivity contribution in [2.45, 2.75) is 20.0 Å². The molecule has 1 aromatic heterocycles. The maximum atomic E-state index is 12.0. The Morgan fingerprint density at radius 3 is 2.96 bits per heavy atom. The zero-order chi connectivity index (χ0) is 18.1. The molecule has 0 atom stereocenters. The van der Waals surface area contributed by atoms with E-state index < -0.39 is 18.5 Å². The highest BCUT2D eigenvalue weighted by atomic mass is 32.1. The Labute approximate surface area is 149 Å². The van der Waals surface area contributed by atoms with Gasteiger partial charge in [-0.15, -0.1) is 11.3 Å². The molecule has 7 nitrogen and oxygen atoms in total. The number of thiazole rings is 1. The SMILES string of the molecule is Cc1nc(COc2cccc(C(=O)OCC(=O)NCCC#N)c2)cs1. The van der Waals surface area contributed by atoms with Crippen LogP contribution in [0.2, 0.25) is 0 Å². The van der Waals surface area contributed by atoms with Crippen LogP contribution < -0.4 is 10.1 Å². The van der Waals surface area contributed by atoms with Crippen molar-refractivity contribution in [3.8, 4) is 11.8 Å². The number of aryl methyl sites for hydroxylation is 1. The first-order valence-electron chi connectivity index (χ1n) is 7.53. The van der Waals surface area contributed by atoms with Gasteiger partial charge in [0.25, 0.3) is 5.91 Å². The number of benzene rings is 1. The quantitative estimate of drug-likeness (QED) is 0.573. The summed E-state index contributed by atoms with van der Waals surface area (Å²) >= 11 is 1.54. The fourth-order valence-corrected chi connectivity index (χ4v) is 2.47. The van der Waals surface area contributed by atoms with Crippen LogP contribution in [0.25, 0.3) is 0 Å². The van der Waals surface area contributed by atoms with Crippen molar-refractivity contribution in [2.24, 2.45) is 0 Å². The van der Waals surface area contributed by atoms with Crippen LogP contribution in [-0.4, -0.2) is 30.0 Å². The van der Waals surface area contributed by atoms with E-state index in [1.807, 2.05) is 18.4 Å². The molecule has 0 spiro atoms. The Morgan fingerprint density at radius 1 is 1.40 bits per heavy atom. The van der Waals surface area contributed by atoms with Crippen LogP contribution in [0.4, 0.5) is 0 Å². The minimum atomic E-state index is -0.620. The normalized spacial score (nSPS) is 9.92. The molecule has 0 aliphatic carbocycles. The number of aromatic nitrogens is 1. The number of hydrogen-bond donors (Lipinski definition) is 1. The number of amides is 1. The lowest BCUT2D eigenvalue weighted by Gasteiger charge is -2.08. The van der Waals surface area contributed by atoms with Gasteiger partial charge in [-0.1, -0.05) is 6.07 Å². The van der Waals surface area contributed by atoms with Crippen molar-refractivity contribution in [3.63, 3.8) is 0 Å². The fraction of sp³-hybridized carbons (Fsp3) is 0.294. The molecule has 2 rings (SSSR count). The zero-order valence-corrected chi connectivity index (χ0v) is 14.5. The van der Waals surface area contributed by atoms with Crippen LogP contribution in [-0.2, 0) is 16.1 Å². The zero-order valence-electron chi connectivity index (χ0n) is 13.7. The van der Waals surface area contributed by atoms with Crippen LogP contribution in [0.3, 0.4) is 0 Å². The van der Waals surface area contributed by atoms with Gasteiger partial charge in [-0.3, -0.25) is 4.79 Å². The maximum absolute atomic E-state index is 12.0. The van der Waals surface area contributed by atoms with Crippen molar-refractivity contribution in [1.29, 1.82) is 5.26 Å². The molecule has 1 aromatic carbocycles. The number of ether oxygens (including phenoxy) is 2. The highest BCUT2D eigenvalue weighted by molar-refractivity contribution is 7.09. The first-order valence-corrected chi connectivity index (χ1v) is 8.41. The number of carbonyl (C=O) groups excluding carboxylic acids is 2. The predicted octanol–water partition coefficient (Wildman–Crippen LogP) is 2.22. The van der Waals surface area contributed by atoms with Gasteiger partial charge in [0.1, 0.15) is 12.4 Å². The summed E-state index contributed by atoms with van der Waals surface area (Å²) in [6.07, 6.45) is 0.206. The van der Waals surface area contributed by atoms with Crippen molar-refractivity contribution in [3.05, 3.63) is 45.9 Å². The molecule has 0 unspecified atom stereocenters. The molecule has 25 heavy (non-hydrogen) atoms. The average molecular weight is 359 g/mol. The molecule has 130 valence electrons. The summed E-state index contributed by atoms with van der Waals surface area (Å²) < 4.78 is 10.6. The molecular weight excluding hydrogens is 342 g/mol. The van der Waals surface area contributed by atoms with E-state index in [0.717, 1.165) is 10.7 Å². The average Bonchev–Trinajstić information content (AvgIpc) is 3.04. The van der Waals surface area contributed by atoms with E-state index in [1.54, 1.807) is 35.6 Å². The van der Waals surface area contributed by atoms with Gasteiger partial charge < -0.3 is 14.8 Å². The summed E-state index contributed by atoms with van der Waals surface area (Å²) in [5.41, 5.74) is 1.11. The smallest absolute Gasteiger partial charge is 0.338 e. The third kappa shape index (κ3) is 6.24. The third-order valence-corrected chi connectivity index (χ3v) is 3.84. The van der Waals surface area contributed by atoms with Gasteiger partial charge in [0.15, 0.2) is 6.61 Å². The Morgan fingerprint density at radius 2 is 2.24 bits per heavy atom. The second-order valence-electron chi connectivity index (χ2n) is 5.01. The Kier molecular flexibility index (Phi) is 6.92. The van der Waals surface area contributed by atoms with Gasteiger partial charge in [-0.2, -0.15) is 5.26 Å². The molecule has 0 radical (unpaired) electrons. The number of esters is 1. The van der Waals surface area contributed by atoms with E-state index in [9.17, 15) is 9.59 Å². The minimum Gasteiger partial charge on any atom is -0.487 e. The molecule has 1 N–H and O–H groups in total. The molecule has 0 fully saturated rings. The molecule has 0 aliphatic rings. The van der Waals surface area contributed by atoms with Crippen LogP contribution in [0.15, 0.2) is 29.6 Å². The first kappa shape index (κ1) is 18.4. The number of nitrogens with one attached hydrogen (secondary N) is 1. The van der Waals surface area contributed by atoms with Crippen LogP contribution in [0.1, 0.15) is 27.5 Å². The topological polar surface area (TPSA) is 101 Å². The van der Waals surface area contributed by atoms with Gasteiger partial charge in [0, 0.05) is 11.9 Å². The second-order valence-corrected chi connectivity index (χ2v) is 6.07. The number of nitriles is 1. The van der Waals surface area contributed by atoms with Gasteiger partial charge in [0.05, 0.1) is 28.8 Å². The van der Waals surface area contributed by atoms with E-state index in [4.69, 9.17) is 14.7 Å². The molecule has 0 bridgehead atoms. The molecule has 0 saturated heterocycles. The van der Waals surface area contributed by atoms with Crippen molar-refractivity contribution in [2.75, 3.05) is 13.2 Å². The largest absolute Gasteiger partial charge is 0.487 e. The van der Waals surface area contributed by atoms with Gasteiger partial charge >= 0.3 is 5.97 Å². The van der Waals surface area contributed by atoms with Gasteiger partial charge in [-0.05, 0) is 25.1 Å². The minimum absolute atomic E-state index is 0.206. The summed E-state index contributed by atoms with van der Waals surface area (Å²) in [6, 6.07) is 8.43. The Bertz CT molecular complexity index is 782. The van der Waals surface area contributed by atoms with Gasteiger partial charge in [-0.25, -0.2) is 9.78 Å². The maximum Gasteiger partial charge on any atom is 0.338 e. The molecule has 8 heteroatoms. The van der Waals surface area contributed by atoms with E-state index in [1.165, 1.54) is 0 Å². The highest BCUT2D eigenvalue weighted by Gasteiger charge is 2.11. The summed E-state index contributed by atoms with van der Waals surface area (Å²) in [5, 5.41) is 13.7. The van der Waals surface area contributed by atoms with E-state index in [2.05, 4.69) is 10.3 Å². The molecular formula is C17H17N3O4S. The van der Waals surface area contributed by atoms with Crippen LogP contribution in [0, 0.1) is 18.3 Å². The van der Waals surface area contributed by atoms with Crippen molar-refractivity contribution in [1.82, 2.24) is 10.3 Å². The summed E-state index contributed by atoms with van der Waals surface area (Å²) in [7, 11) is 0. The lowest BCUT2D eigenvalue weighted by atomic mass is 10.2. The summed E-state index contributed by atoms with van der Waals surface area (Å²) in [5.74, 6) is -0.557. The molecule has 1 heterocycles. The number of carbonyl (C=O) groups is 2. The molecule has 0 saturated carbocycles. The fourth-order valence-electron chi connectivity index (χ4n) is 1.87. The lowest BCUT2D eigenvalue weighted by molar-refractivity contribution is -0.124. The third-order valence-electron chi connectivity index (χ3n) is 3.02. The Balaban J connectivity index is 1.84. The predicted molar refractivity (Wildman–Crippen MR) is 91.1 cm³/mol. The van der Waals surface area contributed by atoms with E-state index in [-0.39, 0.29) is 18.5 Å². The van der Waals surface area contributed by atoms with E-state index >= 15 is 0 Å². The lowest BCUT2D eigenvalue weighted by Crippen LogP contribution is -2.29. The van der Waals surface area contributed by atoms with Gasteiger partial charge in [0.2, 0.25) is 0 Å². The standard InChI is InChI=1S/C17H17N3O4S/c1-12-20-14(11-25-12)9-23-15-5-2-4-13(8-15)17(22)24-10-16(21)19-7-3-6-18/h2,4-5,8,11H,3,7,9-10H2,1H3,(H,19,21). The number of rotatable bonds is 8. The number of hydrogen-bond acceptors (Lipinski definition) is 7. The summed E-state index contributed by atoms with van der Waals surface area (Å²) in [6.45, 7) is 2.06. The van der Waals surface area contributed by atoms with E-state index in [0.29, 0.717) is 12.4 Å². The first-order chi connectivity index (χ1) is 12.1. The molecule has 1 amide bonds. The molecule has 0 aliphatic heterocycles. The van der Waals surface area contributed by atoms with Crippen molar-refractivity contribution >= 4 is 23.2 Å². The molecule has 2 aromatic rings. The van der Waals surface area contributed by atoms with Crippen LogP contribution in [0.5, 0.6) is 5.75 Å². The van der Waals surface area contributed by atoms with Crippen molar-refractivity contribution < 1.29 is 19.1 Å².